The van der Waals surface area contributed by atoms with Gasteiger partial charge in [0.25, 0.3) is 11.8 Å². The normalized spacial score (nSPS) is 10.1. The minimum atomic E-state index is -0.740. The quantitative estimate of drug-likeness (QED) is 0.381. The van der Waals surface area contributed by atoms with Crippen molar-refractivity contribution in [2.45, 2.75) is 0 Å². The highest BCUT2D eigenvalue weighted by molar-refractivity contribution is 6.10. The second-order valence-electron chi connectivity index (χ2n) is 5.94. The third-order valence-electron chi connectivity index (χ3n) is 3.85. The Bertz CT molecular complexity index is 1020. The molecule has 0 radical (unpaired) electrons. The molecule has 2 aromatic carbocycles. The smallest absolute Gasteiger partial charge is 0.339 e. The van der Waals surface area contributed by atoms with E-state index >= 15 is 0 Å². The number of nitrogens with one attached hydrogen (secondary N) is 2. The van der Waals surface area contributed by atoms with E-state index in [1.54, 1.807) is 48.5 Å². The summed E-state index contributed by atoms with van der Waals surface area (Å²) in [6.45, 7) is -0.542. The van der Waals surface area contributed by atoms with E-state index in [0.717, 1.165) is 12.4 Å². The molecule has 8 heteroatoms. The molecule has 0 unspecified atom stereocenters. The zero-order valence-corrected chi connectivity index (χ0v) is 15.2. The molecule has 0 bridgehead atoms. The molecule has 29 heavy (non-hydrogen) atoms. The van der Waals surface area contributed by atoms with Crippen molar-refractivity contribution in [1.29, 1.82) is 0 Å². The maximum absolute atomic E-state index is 12.5. The van der Waals surface area contributed by atoms with Crippen LogP contribution in [0.3, 0.4) is 0 Å². The van der Waals surface area contributed by atoms with Gasteiger partial charge in [-0.15, -0.1) is 0 Å². The zero-order valence-electron chi connectivity index (χ0n) is 15.2. The molecule has 0 saturated carbocycles. The van der Waals surface area contributed by atoms with Crippen LogP contribution in [0.2, 0.25) is 0 Å². The SMILES string of the molecule is O=C(COC(=O)c1cc[n+]([O-])cc1)Nc1ccccc1C(=O)Nc1ccccc1. The fourth-order valence-electron chi connectivity index (χ4n) is 2.46. The summed E-state index contributed by atoms with van der Waals surface area (Å²) in [5.41, 5.74) is 1.32. The van der Waals surface area contributed by atoms with E-state index in [-0.39, 0.29) is 22.7 Å². The first-order valence-corrected chi connectivity index (χ1v) is 8.64. The van der Waals surface area contributed by atoms with Crippen LogP contribution in [0.5, 0.6) is 0 Å². The number of aromatic nitrogens is 1. The van der Waals surface area contributed by atoms with E-state index in [1.165, 1.54) is 12.1 Å². The Morgan fingerprint density at radius 1 is 0.862 bits per heavy atom. The van der Waals surface area contributed by atoms with Crippen LogP contribution in [0.25, 0.3) is 0 Å². The number of carbonyl (C=O) groups is 3. The molecule has 0 saturated heterocycles. The summed E-state index contributed by atoms with van der Waals surface area (Å²) in [6, 6.07) is 18.0. The van der Waals surface area contributed by atoms with Crippen molar-refractivity contribution < 1.29 is 23.9 Å². The van der Waals surface area contributed by atoms with Gasteiger partial charge in [-0.2, -0.15) is 4.73 Å². The van der Waals surface area contributed by atoms with Gasteiger partial charge in [-0.05, 0) is 24.3 Å². The van der Waals surface area contributed by atoms with Gasteiger partial charge in [0.2, 0.25) is 0 Å². The topological polar surface area (TPSA) is 111 Å². The van der Waals surface area contributed by atoms with Crippen molar-refractivity contribution in [3.05, 3.63) is 95.5 Å². The molecule has 3 aromatic rings. The van der Waals surface area contributed by atoms with Gasteiger partial charge in [-0.3, -0.25) is 9.59 Å². The van der Waals surface area contributed by atoms with E-state index in [0.29, 0.717) is 10.4 Å². The van der Waals surface area contributed by atoms with Crippen molar-refractivity contribution in [1.82, 2.24) is 0 Å². The predicted octanol–water partition coefficient (Wildman–Crippen LogP) is 2.37. The summed E-state index contributed by atoms with van der Waals surface area (Å²) in [7, 11) is 0. The van der Waals surface area contributed by atoms with Gasteiger partial charge in [-0.1, -0.05) is 30.3 Å². The fourth-order valence-corrected chi connectivity index (χ4v) is 2.46. The first-order chi connectivity index (χ1) is 14.0. The molecule has 8 nitrogen and oxygen atoms in total. The number of rotatable bonds is 6. The van der Waals surface area contributed by atoms with Gasteiger partial charge in [0, 0.05) is 17.8 Å². The Morgan fingerprint density at radius 2 is 1.52 bits per heavy atom. The molecule has 146 valence electrons. The van der Waals surface area contributed by atoms with E-state index in [1.807, 2.05) is 6.07 Å². The predicted molar refractivity (Wildman–Crippen MR) is 105 cm³/mol. The molecule has 2 N–H and O–H groups in total. The first kappa shape index (κ1) is 19.6. The number of anilines is 2. The van der Waals surface area contributed by atoms with Crippen LogP contribution in [0, 0.1) is 5.21 Å². The van der Waals surface area contributed by atoms with Gasteiger partial charge < -0.3 is 20.6 Å². The molecule has 1 heterocycles. The number of ether oxygens (including phenoxy) is 1. The third kappa shape index (κ3) is 5.39. The van der Waals surface area contributed by atoms with E-state index in [9.17, 15) is 19.6 Å². The summed E-state index contributed by atoms with van der Waals surface area (Å²) >= 11 is 0. The Hall–Kier alpha value is -4.20. The van der Waals surface area contributed by atoms with Crippen molar-refractivity contribution in [3.8, 4) is 0 Å². The minimum absolute atomic E-state index is 0.146. The van der Waals surface area contributed by atoms with Crippen LogP contribution in [0.1, 0.15) is 20.7 Å². The summed E-state index contributed by atoms with van der Waals surface area (Å²) in [4.78, 5) is 36.6. The number of pyridine rings is 1. The van der Waals surface area contributed by atoms with Crippen molar-refractivity contribution >= 4 is 29.2 Å². The van der Waals surface area contributed by atoms with Crippen molar-refractivity contribution in [2.75, 3.05) is 17.2 Å². The Morgan fingerprint density at radius 3 is 2.24 bits per heavy atom. The van der Waals surface area contributed by atoms with Crippen LogP contribution >= 0.6 is 0 Å². The van der Waals surface area contributed by atoms with E-state index in [4.69, 9.17) is 4.74 Å². The number of esters is 1. The monoisotopic (exact) mass is 391 g/mol. The standard InChI is InChI=1S/C21H17N3O5/c25-19(14-29-21(27)15-10-12-24(28)13-11-15)23-18-9-5-4-8-17(18)20(26)22-16-6-2-1-3-7-16/h1-13H,14H2,(H,22,26)(H,23,25). The van der Waals surface area contributed by atoms with Crippen LogP contribution in [-0.2, 0) is 9.53 Å². The second-order valence-corrected chi connectivity index (χ2v) is 5.94. The number of para-hydroxylation sites is 2. The molecule has 1 aromatic heterocycles. The number of carbonyl (C=O) groups excluding carboxylic acids is 3. The average molecular weight is 391 g/mol. The number of hydrogen-bond donors (Lipinski definition) is 2. The zero-order chi connectivity index (χ0) is 20.6. The molecule has 3 rings (SSSR count). The largest absolute Gasteiger partial charge is 0.619 e. The molecular weight excluding hydrogens is 374 g/mol. The van der Waals surface area contributed by atoms with Gasteiger partial charge in [0.1, 0.15) is 0 Å². The number of amides is 2. The second kappa shape index (κ2) is 9.14. The Balaban J connectivity index is 1.61. The first-order valence-electron chi connectivity index (χ1n) is 8.64. The molecule has 0 aliphatic carbocycles. The number of nitrogens with zero attached hydrogens (tertiary/aromatic N) is 1. The van der Waals surface area contributed by atoms with Crippen molar-refractivity contribution in [2.24, 2.45) is 0 Å². The lowest BCUT2D eigenvalue weighted by Crippen LogP contribution is -2.25. The van der Waals surface area contributed by atoms with Crippen LogP contribution < -0.4 is 15.4 Å². The molecule has 0 atom stereocenters. The minimum Gasteiger partial charge on any atom is -0.619 e. The van der Waals surface area contributed by atoms with Crippen LogP contribution in [0.15, 0.2) is 79.1 Å². The third-order valence-corrected chi connectivity index (χ3v) is 3.85. The van der Waals surface area contributed by atoms with E-state index in [2.05, 4.69) is 10.6 Å². The van der Waals surface area contributed by atoms with Crippen LogP contribution in [0.4, 0.5) is 11.4 Å². The van der Waals surface area contributed by atoms with Gasteiger partial charge >= 0.3 is 5.97 Å². The molecular formula is C21H17N3O5. The fraction of sp³-hybridized carbons (Fsp3) is 0.0476. The summed E-state index contributed by atoms with van der Waals surface area (Å²) in [5, 5.41) is 16.3. The Labute approximate surface area is 166 Å². The molecule has 0 spiro atoms. The molecule has 0 aliphatic rings. The lowest BCUT2D eigenvalue weighted by molar-refractivity contribution is -0.605. The number of hydrogen-bond acceptors (Lipinski definition) is 5. The summed E-state index contributed by atoms with van der Waals surface area (Å²) < 4.78 is 5.46. The van der Waals surface area contributed by atoms with Crippen LogP contribution in [-0.4, -0.2) is 24.4 Å². The van der Waals surface area contributed by atoms with Gasteiger partial charge in [-0.25, -0.2) is 4.79 Å². The van der Waals surface area contributed by atoms with E-state index < -0.39 is 18.5 Å². The molecule has 0 aliphatic heterocycles. The average Bonchev–Trinajstić information content (AvgIpc) is 2.73. The highest BCUT2D eigenvalue weighted by atomic mass is 16.5. The number of benzene rings is 2. The summed E-state index contributed by atoms with van der Waals surface area (Å²) in [5.74, 6) is -1.73. The summed E-state index contributed by atoms with van der Waals surface area (Å²) in [6.07, 6.45) is 2.30. The maximum Gasteiger partial charge on any atom is 0.339 e. The highest BCUT2D eigenvalue weighted by Crippen LogP contribution is 2.17. The molecule has 0 fully saturated rings. The Kier molecular flexibility index (Phi) is 6.16. The highest BCUT2D eigenvalue weighted by Gasteiger charge is 2.15. The lowest BCUT2D eigenvalue weighted by Gasteiger charge is -2.11. The maximum atomic E-state index is 12.5. The molecule has 2 amide bonds. The van der Waals surface area contributed by atoms with Crippen molar-refractivity contribution in [3.63, 3.8) is 0 Å². The lowest BCUT2D eigenvalue weighted by atomic mass is 10.1. The van der Waals surface area contributed by atoms with Gasteiger partial charge in [0.15, 0.2) is 19.0 Å². The van der Waals surface area contributed by atoms with Gasteiger partial charge in [0.05, 0.1) is 16.8 Å².